The number of pyridine rings is 1. The van der Waals surface area contributed by atoms with Crippen molar-refractivity contribution in [1.29, 1.82) is 0 Å². The van der Waals surface area contributed by atoms with Crippen LogP contribution >= 0.6 is 24.8 Å². The molecule has 5 nitrogen and oxygen atoms in total. The second-order valence-corrected chi connectivity index (χ2v) is 7.64. The van der Waals surface area contributed by atoms with E-state index in [0.717, 1.165) is 37.7 Å². The van der Waals surface area contributed by atoms with Crippen LogP contribution in [0.25, 0.3) is 0 Å². The van der Waals surface area contributed by atoms with E-state index < -0.39 is 6.10 Å². The number of hydrogen-bond acceptors (Lipinski definition) is 5. The number of β-amino-alcohol motifs (C(OH)–C–C–N with tert-alkyl or cyclic N) is 1. The average Bonchev–Trinajstić information content (AvgIpc) is 2.67. The zero-order valence-corrected chi connectivity index (χ0v) is 19.1. The van der Waals surface area contributed by atoms with Gasteiger partial charge in [0.05, 0.1) is 0 Å². The van der Waals surface area contributed by atoms with E-state index in [9.17, 15) is 5.11 Å². The number of benzene rings is 1. The standard InChI is InChI=1S/C22H31N3O2.2ClH/c1-17(2)20-8-7-18(3)14-21(20)27-16-19(26)15-24-10-12-25(13-11-24)22-6-4-5-9-23-22;;/h4-9,14,17,19,26H,10-13,15-16H2,1-3H3;2*1H. The third-order valence-electron chi connectivity index (χ3n) is 5.04. The predicted octanol–water partition coefficient (Wildman–Crippen LogP) is 3.92. The van der Waals surface area contributed by atoms with Crippen molar-refractivity contribution in [3.63, 3.8) is 0 Å². The van der Waals surface area contributed by atoms with Crippen LogP contribution in [0.2, 0.25) is 0 Å². The largest absolute Gasteiger partial charge is 0.491 e. The summed E-state index contributed by atoms with van der Waals surface area (Å²) in [6, 6.07) is 12.3. The molecule has 0 spiro atoms. The lowest BCUT2D eigenvalue weighted by Gasteiger charge is -2.36. The van der Waals surface area contributed by atoms with E-state index in [-0.39, 0.29) is 24.8 Å². The lowest BCUT2D eigenvalue weighted by Crippen LogP contribution is -2.49. The maximum Gasteiger partial charge on any atom is 0.128 e. The first-order valence-corrected chi connectivity index (χ1v) is 9.82. The minimum atomic E-state index is -0.494. The number of anilines is 1. The molecule has 3 rings (SSSR count). The first kappa shape index (κ1) is 25.5. The highest BCUT2D eigenvalue weighted by molar-refractivity contribution is 5.85. The molecule has 1 saturated heterocycles. The first-order valence-electron chi connectivity index (χ1n) is 9.82. The van der Waals surface area contributed by atoms with E-state index in [1.807, 2.05) is 24.4 Å². The molecule has 1 aliphatic rings. The summed E-state index contributed by atoms with van der Waals surface area (Å²) in [7, 11) is 0. The van der Waals surface area contributed by atoms with E-state index in [0.29, 0.717) is 19.1 Å². The van der Waals surface area contributed by atoms with Crippen LogP contribution in [-0.2, 0) is 0 Å². The smallest absolute Gasteiger partial charge is 0.128 e. The number of aliphatic hydroxyl groups excluding tert-OH is 1. The zero-order valence-electron chi connectivity index (χ0n) is 17.5. The van der Waals surface area contributed by atoms with Crippen LogP contribution in [0.15, 0.2) is 42.6 Å². The fraction of sp³-hybridized carbons (Fsp3) is 0.500. The van der Waals surface area contributed by atoms with E-state index in [2.05, 4.69) is 53.8 Å². The third-order valence-corrected chi connectivity index (χ3v) is 5.04. The van der Waals surface area contributed by atoms with Gasteiger partial charge >= 0.3 is 0 Å². The second kappa shape index (κ2) is 12.2. The number of nitrogens with zero attached hydrogens (tertiary/aromatic N) is 3. The Morgan fingerprint density at radius 1 is 1.07 bits per heavy atom. The minimum absolute atomic E-state index is 0. The molecule has 7 heteroatoms. The van der Waals surface area contributed by atoms with E-state index >= 15 is 0 Å². The summed E-state index contributed by atoms with van der Waals surface area (Å²) in [6.07, 6.45) is 1.34. The SMILES string of the molecule is Cc1ccc(C(C)C)c(OCC(O)CN2CCN(c3ccccn3)CC2)c1.Cl.Cl. The lowest BCUT2D eigenvalue weighted by molar-refractivity contribution is 0.0658. The van der Waals surface area contributed by atoms with Crippen molar-refractivity contribution < 1.29 is 9.84 Å². The van der Waals surface area contributed by atoms with Crippen LogP contribution in [0.1, 0.15) is 30.9 Å². The molecule has 162 valence electrons. The molecule has 1 unspecified atom stereocenters. The molecular formula is C22H33Cl2N3O2. The summed E-state index contributed by atoms with van der Waals surface area (Å²) < 4.78 is 5.98. The average molecular weight is 442 g/mol. The third kappa shape index (κ3) is 7.34. The summed E-state index contributed by atoms with van der Waals surface area (Å²) in [6.45, 7) is 11.1. The van der Waals surface area contributed by atoms with Gasteiger partial charge in [0.25, 0.3) is 0 Å². The molecule has 2 heterocycles. The van der Waals surface area contributed by atoms with Crippen molar-refractivity contribution in [3.05, 3.63) is 53.7 Å². The van der Waals surface area contributed by atoms with Crippen LogP contribution in [-0.4, -0.2) is 60.4 Å². The number of piperazine rings is 1. The number of rotatable bonds is 7. The number of ether oxygens (including phenoxy) is 1. The maximum absolute atomic E-state index is 10.5. The van der Waals surface area contributed by atoms with Gasteiger partial charge in [0.15, 0.2) is 0 Å². The Balaban J connectivity index is 0.00000210. The van der Waals surface area contributed by atoms with E-state index in [1.54, 1.807) is 0 Å². The minimum Gasteiger partial charge on any atom is -0.491 e. The molecule has 1 aromatic heterocycles. The summed E-state index contributed by atoms with van der Waals surface area (Å²) in [5.74, 6) is 2.32. The molecule has 0 saturated carbocycles. The summed E-state index contributed by atoms with van der Waals surface area (Å²) in [5.41, 5.74) is 2.37. The Morgan fingerprint density at radius 3 is 2.41 bits per heavy atom. The molecule has 0 amide bonds. The Morgan fingerprint density at radius 2 is 1.79 bits per heavy atom. The van der Waals surface area contributed by atoms with Crippen molar-refractivity contribution in [2.24, 2.45) is 0 Å². The van der Waals surface area contributed by atoms with Gasteiger partial charge in [0, 0.05) is 38.9 Å². The van der Waals surface area contributed by atoms with E-state index in [1.165, 1.54) is 11.1 Å². The van der Waals surface area contributed by atoms with Crippen molar-refractivity contribution in [2.45, 2.75) is 32.8 Å². The molecule has 1 fully saturated rings. The van der Waals surface area contributed by atoms with Crippen molar-refractivity contribution in [1.82, 2.24) is 9.88 Å². The number of aromatic nitrogens is 1. The van der Waals surface area contributed by atoms with Gasteiger partial charge < -0.3 is 14.7 Å². The van der Waals surface area contributed by atoms with Crippen LogP contribution in [0, 0.1) is 6.92 Å². The van der Waals surface area contributed by atoms with Crippen LogP contribution in [0.5, 0.6) is 5.75 Å². The maximum atomic E-state index is 10.5. The van der Waals surface area contributed by atoms with Crippen molar-refractivity contribution in [3.8, 4) is 5.75 Å². The van der Waals surface area contributed by atoms with Gasteiger partial charge in [-0.1, -0.05) is 32.0 Å². The number of aliphatic hydroxyl groups is 1. The van der Waals surface area contributed by atoms with Gasteiger partial charge in [-0.15, -0.1) is 24.8 Å². The van der Waals surface area contributed by atoms with Crippen LogP contribution in [0.4, 0.5) is 5.82 Å². The van der Waals surface area contributed by atoms with Gasteiger partial charge in [-0.3, -0.25) is 4.90 Å². The fourth-order valence-corrected chi connectivity index (χ4v) is 3.48. The van der Waals surface area contributed by atoms with Gasteiger partial charge in [-0.25, -0.2) is 4.98 Å². The Kier molecular flexibility index (Phi) is 10.8. The molecule has 0 aliphatic carbocycles. The van der Waals surface area contributed by atoms with Gasteiger partial charge in [0.1, 0.15) is 24.3 Å². The summed E-state index contributed by atoms with van der Waals surface area (Å²) in [5, 5.41) is 10.5. The molecule has 1 atom stereocenters. The van der Waals surface area contributed by atoms with Crippen LogP contribution < -0.4 is 9.64 Å². The Bertz CT molecular complexity index is 723. The monoisotopic (exact) mass is 441 g/mol. The normalized spacial score (nSPS) is 15.4. The zero-order chi connectivity index (χ0) is 19.2. The molecule has 1 aliphatic heterocycles. The molecule has 0 bridgehead atoms. The van der Waals surface area contributed by atoms with Crippen LogP contribution in [0.3, 0.4) is 0 Å². The lowest BCUT2D eigenvalue weighted by atomic mass is 10.0. The number of aryl methyl sites for hydroxylation is 1. The van der Waals surface area contributed by atoms with E-state index in [4.69, 9.17) is 4.74 Å². The number of hydrogen-bond donors (Lipinski definition) is 1. The Labute approximate surface area is 186 Å². The molecular weight excluding hydrogens is 409 g/mol. The second-order valence-electron chi connectivity index (χ2n) is 7.64. The molecule has 0 radical (unpaired) electrons. The summed E-state index contributed by atoms with van der Waals surface area (Å²) >= 11 is 0. The van der Waals surface area contributed by atoms with Gasteiger partial charge in [0.2, 0.25) is 0 Å². The molecule has 2 aromatic rings. The first-order chi connectivity index (χ1) is 13.0. The topological polar surface area (TPSA) is 48.8 Å². The highest BCUT2D eigenvalue weighted by Gasteiger charge is 2.20. The van der Waals surface area contributed by atoms with Crippen molar-refractivity contribution in [2.75, 3.05) is 44.2 Å². The van der Waals surface area contributed by atoms with Gasteiger partial charge in [-0.2, -0.15) is 0 Å². The van der Waals surface area contributed by atoms with Crippen molar-refractivity contribution >= 4 is 30.6 Å². The van der Waals surface area contributed by atoms with Gasteiger partial charge in [-0.05, 0) is 42.2 Å². The highest BCUT2D eigenvalue weighted by Crippen LogP contribution is 2.27. The summed E-state index contributed by atoms with van der Waals surface area (Å²) in [4.78, 5) is 9.01. The highest BCUT2D eigenvalue weighted by atomic mass is 35.5. The molecule has 29 heavy (non-hydrogen) atoms. The fourth-order valence-electron chi connectivity index (χ4n) is 3.48. The quantitative estimate of drug-likeness (QED) is 0.705. The molecule has 1 N–H and O–H groups in total. The molecule has 1 aromatic carbocycles. The Hall–Kier alpha value is -1.53. The number of halogens is 2. The predicted molar refractivity (Wildman–Crippen MR) is 124 cm³/mol.